The van der Waals surface area contributed by atoms with Gasteiger partial charge in [0.2, 0.25) is 11.8 Å². The molecule has 0 aliphatic carbocycles. The van der Waals surface area contributed by atoms with E-state index in [2.05, 4.69) is 5.32 Å². The van der Waals surface area contributed by atoms with E-state index in [0.717, 1.165) is 9.87 Å². The van der Waals surface area contributed by atoms with Crippen LogP contribution >= 0.6 is 34.8 Å². The standard InChI is InChI=1S/C27H28Cl3N3O4S/c1-4-31-27(35)19(3)32(16-21-22(28)9-7-10-23(21)29)26(34)17-33(25-11-6-5-8-24(25)30)38(36,37)20-14-12-18(2)13-15-20/h5-15,19H,4,16-17H2,1-3H3,(H,31,35)/t19-/m1/s1. The van der Waals surface area contributed by atoms with Crippen LogP contribution in [0.15, 0.2) is 71.6 Å². The van der Waals surface area contributed by atoms with Crippen LogP contribution in [0.2, 0.25) is 15.1 Å². The van der Waals surface area contributed by atoms with E-state index in [9.17, 15) is 18.0 Å². The molecule has 3 aromatic rings. The van der Waals surface area contributed by atoms with Gasteiger partial charge in [-0.05, 0) is 57.2 Å². The van der Waals surface area contributed by atoms with Crippen molar-refractivity contribution in [2.75, 3.05) is 17.4 Å². The lowest BCUT2D eigenvalue weighted by molar-refractivity contribution is -0.139. The first-order chi connectivity index (χ1) is 18.0. The predicted molar refractivity (Wildman–Crippen MR) is 152 cm³/mol. The van der Waals surface area contributed by atoms with Crippen molar-refractivity contribution in [2.45, 2.75) is 38.3 Å². The van der Waals surface area contributed by atoms with Gasteiger partial charge < -0.3 is 10.2 Å². The minimum absolute atomic E-state index is 0.00621. The smallest absolute Gasteiger partial charge is 0.264 e. The van der Waals surface area contributed by atoms with Crippen molar-refractivity contribution in [3.63, 3.8) is 0 Å². The van der Waals surface area contributed by atoms with Crippen LogP contribution in [0.25, 0.3) is 0 Å². The molecule has 0 aliphatic heterocycles. The number of aryl methyl sites for hydroxylation is 1. The molecule has 0 fully saturated rings. The Kier molecular flexibility index (Phi) is 10.1. The number of nitrogens with zero attached hydrogens (tertiary/aromatic N) is 2. The SMILES string of the molecule is CCNC(=O)[C@@H](C)N(Cc1c(Cl)cccc1Cl)C(=O)CN(c1ccccc1Cl)S(=O)(=O)c1ccc(C)cc1. The van der Waals surface area contributed by atoms with Crippen molar-refractivity contribution in [3.05, 3.63) is 92.9 Å². The van der Waals surface area contributed by atoms with Crippen LogP contribution in [0.4, 0.5) is 5.69 Å². The van der Waals surface area contributed by atoms with E-state index >= 15 is 0 Å². The molecule has 7 nitrogen and oxygen atoms in total. The Morgan fingerprint density at radius 1 is 0.895 bits per heavy atom. The number of rotatable bonds is 10. The number of likely N-dealkylation sites (N-methyl/N-ethyl adjacent to an activating group) is 1. The fourth-order valence-corrected chi connectivity index (χ4v) is 6.00. The molecular formula is C27H28Cl3N3O4S. The zero-order valence-corrected chi connectivity index (χ0v) is 24.2. The monoisotopic (exact) mass is 595 g/mol. The maximum atomic E-state index is 13.9. The molecule has 2 amide bonds. The van der Waals surface area contributed by atoms with Gasteiger partial charge in [-0.15, -0.1) is 0 Å². The van der Waals surface area contributed by atoms with E-state index in [4.69, 9.17) is 34.8 Å². The van der Waals surface area contributed by atoms with Gasteiger partial charge >= 0.3 is 0 Å². The summed E-state index contributed by atoms with van der Waals surface area (Å²) in [4.78, 5) is 27.9. The van der Waals surface area contributed by atoms with Gasteiger partial charge in [-0.1, -0.05) is 70.7 Å². The number of nitrogens with one attached hydrogen (secondary N) is 1. The van der Waals surface area contributed by atoms with Gasteiger partial charge in [0.1, 0.15) is 12.6 Å². The highest BCUT2D eigenvalue weighted by molar-refractivity contribution is 7.92. The lowest BCUT2D eigenvalue weighted by Gasteiger charge is -2.32. The Labute approximate surface area is 238 Å². The van der Waals surface area contributed by atoms with E-state index in [0.29, 0.717) is 22.2 Å². The van der Waals surface area contributed by atoms with Gasteiger partial charge in [0.25, 0.3) is 10.0 Å². The molecule has 0 aliphatic rings. The molecule has 0 aromatic heterocycles. The lowest BCUT2D eigenvalue weighted by atomic mass is 10.1. The number of benzene rings is 3. The molecule has 3 rings (SSSR count). The Balaban J connectivity index is 2.08. The molecule has 0 spiro atoms. The fourth-order valence-electron chi connectivity index (χ4n) is 3.76. The van der Waals surface area contributed by atoms with E-state index in [1.807, 2.05) is 6.92 Å². The number of halogens is 3. The van der Waals surface area contributed by atoms with Gasteiger partial charge in [0.15, 0.2) is 0 Å². The summed E-state index contributed by atoms with van der Waals surface area (Å²) in [6, 6.07) is 16.6. The topological polar surface area (TPSA) is 86.8 Å². The van der Waals surface area contributed by atoms with Crippen molar-refractivity contribution in [3.8, 4) is 0 Å². The molecule has 1 N–H and O–H groups in total. The summed E-state index contributed by atoms with van der Waals surface area (Å²) in [6.45, 7) is 4.77. The number of hydrogen-bond acceptors (Lipinski definition) is 4. The first kappa shape index (κ1) is 29.8. The van der Waals surface area contributed by atoms with Crippen LogP contribution in [0.5, 0.6) is 0 Å². The largest absolute Gasteiger partial charge is 0.355 e. The quantitative estimate of drug-likeness (QED) is 0.325. The number of carbonyl (C=O) groups excluding carboxylic acids is 2. The summed E-state index contributed by atoms with van der Waals surface area (Å²) in [5.74, 6) is -1.05. The third-order valence-corrected chi connectivity index (χ3v) is 8.72. The van der Waals surface area contributed by atoms with Crippen molar-refractivity contribution in [1.82, 2.24) is 10.2 Å². The number of carbonyl (C=O) groups is 2. The third kappa shape index (κ3) is 6.80. The average Bonchev–Trinajstić information content (AvgIpc) is 2.87. The molecule has 202 valence electrons. The fraction of sp³-hybridized carbons (Fsp3) is 0.259. The van der Waals surface area contributed by atoms with Crippen LogP contribution in [0, 0.1) is 6.92 Å². The summed E-state index contributed by atoms with van der Waals surface area (Å²) in [7, 11) is -4.22. The maximum absolute atomic E-state index is 13.9. The van der Waals surface area contributed by atoms with Crippen LogP contribution in [0.1, 0.15) is 25.0 Å². The molecule has 0 unspecified atom stereocenters. The zero-order valence-electron chi connectivity index (χ0n) is 21.1. The number of sulfonamides is 1. The maximum Gasteiger partial charge on any atom is 0.264 e. The second-order valence-corrected chi connectivity index (χ2v) is 11.7. The first-order valence-corrected chi connectivity index (χ1v) is 14.4. The Hall–Kier alpha value is -2.78. The van der Waals surface area contributed by atoms with Crippen LogP contribution in [-0.2, 0) is 26.2 Å². The molecular weight excluding hydrogens is 569 g/mol. The summed E-state index contributed by atoms with van der Waals surface area (Å²) in [6.07, 6.45) is 0. The van der Waals surface area contributed by atoms with Crippen molar-refractivity contribution in [1.29, 1.82) is 0 Å². The summed E-state index contributed by atoms with van der Waals surface area (Å²) in [5.41, 5.74) is 1.44. The highest BCUT2D eigenvalue weighted by atomic mass is 35.5. The molecule has 38 heavy (non-hydrogen) atoms. The normalized spacial score (nSPS) is 12.1. The van der Waals surface area contributed by atoms with E-state index in [1.165, 1.54) is 29.2 Å². The molecule has 0 saturated heterocycles. The van der Waals surface area contributed by atoms with Crippen molar-refractivity contribution >= 4 is 62.3 Å². The summed E-state index contributed by atoms with van der Waals surface area (Å²) in [5, 5.41) is 3.47. The van der Waals surface area contributed by atoms with Gasteiger partial charge in [-0.3, -0.25) is 13.9 Å². The molecule has 0 radical (unpaired) electrons. The summed E-state index contributed by atoms with van der Waals surface area (Å²) < 4.78 is 28.6. The summed E-state index contributed by atoms with van der Waals surface area (Å²) >= 11 is 19.1. The first-order valence-electron chi connectivity index (χ1n) is 11.8. The third-order valence-electron chi connectivity index (χ3n) is 5.92. The van der Waals surface area contributed by atoms with Crippen LogP contribution in [0.3, 0.4) is 0 Å². The second-order valence-electron chi connectivity index (χ2n) is 8.57. The van der Waals surface area contributed by atoms with Gasteiger partial charge in [-0.25, -0.2) is 8.42 Å². The van der Waals surface area contributed by atoms with E-state index < -0.39 is 34.4 Å². The van der Waals surface area contributed by atoms with Gasteiger partial charge in [0, 0.05) is 28.7 Å². The second kappa shape index (κ2) is 12.8. The number of hydrogen-bond donors (Lipinski definition) is 1. The van der Waals surface area contributed by atoms with Crippen LogP contribution < -0.4 is 9.62 Å². The molecule has 0 bridgehead atoms. The molecule has 3 aromatic carbocycles. The molecule has 11 heteroatoms. The molecule has 0 heterocycles. The Morgan fingerprint density at radius 2 is 1.47 bits per heavy atom. The minimum atomic E-state index is -4.22. The van der Waals surface area contributed by atoms with Gasteiger partial charge in [0.05, 0.1) is 15.6 Å². The number of anilines is 1. The Bertz CT molecular complexity index is 1400. The number of amides is 2. The van der Waals surface area contributed by atoms with Gasteiger partial charge in [-0.2, -0.15) is 0 Å². The van der Waals surface area contributed by atoms with Crippen LogP contribution in [-0.4, -0.2) is 44.3 Å². The predicted octanol–water partition coefficient (Wildman–Crippen LogP) is 5.70. The average molecular weight is 597 g/mol. The van der Waals surface area contributed by atoms with E-state index in [1.54, 1.807) is 56.3 Å². The Morgan fingerprint density at radius 3 is 2.05 bits per heavy atom. The number of para-hydroxylation sites is 1. The lowest BCUT2D eigenvalue weighted by Crippen LogP contribution is -2.51. The van der Waals surface area contributed by atoms with Crippen molar-refractivity contribution in [2.24, 2.45) is 0 Å². The molecule has 1 atom stereocenters. The highest BCUT2D eigenvalue weighted by Gasteiger charge is 2.33. The minimum Gasteiger partial charge on any atom is -0.355 e. The zero-order chi connectivity index (χ0) is 28.0. The molecule has 0 saturated carbocycles. The van der Waals surface area contributed by atoms with Crippen molar-refractivity contribution < 1.29 is 18.0 Å². The highest BCUT2D eigenvalue weighted by Crippen LogP contribution is 2.31. The van der Waals surface area contributed by atoms with E-state index in [-0.39, 0.29) is 22.2 Å².